The van der Waals surface area contributed by atoms with Gasteiger partial charge in [0.15, 0.2) is 0 Å². The van der Waals surface area contributed by atoms with Crippen molar-refractivity contribution in [1.29, 1.82) is 0 Å². The van der Waals surface area contributed by atoms with Gasteiger partial charge in [0.1, 0.15) is 0 Å². The number of nitrogens with two attached hydrogens (primary N) is 1. The van der Waals surface area contributed by atoms with Crippen LogP contribution in [0.4, 0.5) is 5.69 Å². The van der Waals surface area contributed by atoms with Crippen LogP contribution < -0.4 is 11.1 Å². The van der Waals surface area contributed by atoms with E-state index in [1.807, 2.05) is 6.07 Å². The van der Waals surface area contributed by atoms with Crippen LogP contribution in [0.5, 0.6) is 0 Å². The van der Waals surface area contributed by atoms with Crippen molar-refractivity contribution in [3.63, 3.8) is 0 Å². The number of hydrogen-bond acceptors (Lipinski definition) is 2. The van der Waals surface area contributed by atoms with Gasteiger partial charge in [-0.1, -0.05) is 37.5 Å². The highest BCUT2D eigenvalue weighted by Gasteiger charge is 2.19. The van der Waals surface area contributed by atoms with Crippen LogP contribution in [0.1, 0.15) is 32.1 Å². The van der Waals surface area contributed by atoms with Crippen LogP contribution in [-0.2, 0) is 0 Å². The maximum absolute atomic E-state index is 6.20. The lowest BCUT2D eigenvalue weighted by atomic mass is 9.95. The first-order valence-electron chi connectivity index (χ1n) is 6.41. The predicted molar refractivity (Wildman–Crippen MR) is 69.5 cm³/mol. The van der Waals surface area contributed by atoms with Gasteiger partial charge < -0.3 is 11.1 Å². The number of rotatable bonds is 3. The summed E-state index contributed by atoms with van der Waals surface area (Å²) in [6, 6.07) is 10.8. The zero-order valence-corrected chi connectivity index (χ0v) is 9.86. The molecule has 0 saturated heterocycles. The highest BCUT2D eigenvalue weighted by Crippen LogP contribution is 2.22. The standard InChI is InChI=1S/C14H22N2/c15-14-10-6-1-3-7-12(14)11-16-13-8-4-2-5-9-13/h2,4-5,8-9,12,14,16H,1,3,6-7,10-11,15H2. The minimum atomic E-state index is 0.388. The molecule has 0 aromatic heterocycles. The van der Waals surface area contributed by atoms with Crippen LogP contribution in [0.25, 0.3) is 0 Å². The molecule has 1 aromatic carbocycles. The average molecular weight is 218 g/mol. The number of para-hydroxylation sites is 1. The fourth-order valence-electron chi connectivity index (χ4n) is 2.47. The molecule has 0 spiro atoms. The highest BCUT2D eigenvalue weighted by molar-refractivity contribution is 5.42. The highest BCUT2D eigenvalue weighted by atomic mass is 14.9. The van der Waals surface area contributed by atoms with Gasteiger partial charge in [0.05, 0.1) is 0 Å². The SMILES string of the molecule is NC1CCCCCC1CNc1ccccc1. The van der Waals surface area contributed by atoms with Gasteiger partial charge in [0, 0.05) is 18.3 Å². The van der Waals surface area contributed by atoms with E-state index in [-0.39, 0.29) is 0 Å². The zero-order chi connectivity index (χ0) is 11.2. The predicted octanol–water partition coefficient (Wildman–Crippen LogP) is 3.01. The summed E-state index contributed by atoms with van der Waals surface area (Å²) in [5.74, 6) is 0.641. The molecule has 3 N–H and O–H groups in total. The maximum atomic E-state index is 6.20. The van der Waals surface area contributed by atoms with Gasteiger partial charge in [-0.2, -0.15) is 0 Å². The topological polar surface area (TPSA) is 38.0 Å². The second-order valence-corrected chi connectivity index (χ2v) is 4.81. The largest absolute Gasteiger partial charge is 0.385 e. The lowest BCUT2D eigenvalue weighted by Crippen LogP contribution is -2.33. The first-order valence-corrected chi connectivity index (χ1v) is 6.41. The molecule has 0 aliphatic heterocycles. The van der Waals surface area contributed by atoms with E-state index >= 15 is 0 Å². The van der Waals surface area contributed by atoms with Crippen LogP contribution in [0.2, 0.25) is 0 Å². The summed E-state index contributed by atoms with van der Waals surface area (Å²) >= 11 is 0. The Morgan fingerprint density at radius 3 is 2.62 bits per heavy atom. The molecule has 1 aliphatic rings. The van der Waals surface area contributed by atoms with Gasteiger partial charge in [0.25, 0.3) is 0 Å². The van der Waals surface area contributed by atoms with E-state index in [1.165, 1.54) is 37.8 Å². The van der Waals surface area contributed by atoms with Crippen molar-refractivity contribution in [2.75, 3.05) is 11.9 Å². The Hall–Kier alpha value is -1.02. The fraction of sp³-hybridized carbons (Fsp3) is 0.571. The molecule has 0 amide bonds. The molecule has 1 saturated carbocycles. The van der Waals surface area contributed by atoms with Gasteiger partial charge in [0.2, 0.25) is 0 Å². The molecule has 1 aromatic rings. The number of benzene rings is 1. The summed E-state index contributed by atoms with van der Waals surface area (Å²) < 4.78 is 0. The molecule has 0 bridgehead atoms. The Bertz CT molecular complexity index is 297. The van der Waals surface area contributed by atoms with E-state index in [1.54, 1.807) is 0 Å². The summed E-state index contributed by atoms with van der Waals surface area (Å²) in [5, 5.41) is 3.49. The van der Waals surface area contributed by atoms with Crippen LogP contribution in [-0.4, -0.2) is 12.6 Å². The molecule has 0 radical (unpaired) electrons. The summed E-state index contributed by atoms with van der Waals surface area (Å²) in [5.41, 5.74) is 7.41. The Labute approximate surface area is 98.2 Å². The molecule has 0 heterocycles. The summed E-state index contributed by atoms with van der Waals surface area (Å²) in [7, 11) is 0. The molecule has 2 rings (SSSR count). The van der Waals surface area contributed by atoms with Crippen molar-refractivity contribution >= 4 is 5.69 Å². The van der Waals surface area contributed by atoms with E-state index < -0.39 is 0 Å². The normalized spacial score (nSPS) is 26.1. The number of hydrogen-bond donors (Lipinski definition) is 2. The maximum Gasteiger partial charge on any atom is 0.0340 e. The van der Waals surface area contributed by atoms with E-state index in [0.717, 1.165) is 6.54 Å². The second-order valence-electron chi connectivity index (χ2n) is 4.81. The Balaban J connectivity index is 1.84. The Kier molecular flexibility index (Phi) is 4.23. The van der Waals surface area contributed by atoms with Crippen LogP contribution in [0, 0.1) is 5.92 Å². The molecular formula is C14H22N2. The molecule has 1 aliphatic carbocycles. The fourth-order valence-corrected chi connectivity index (χ4v) is 2.47. The minimum Gasteiger partial charge on any atom is -0.385 e. The molecule has 2 atom stereocenters. The van der Waals surface area contributed by atoms with E-state index in [4.69, 9.17) is 5.73 Å². The molecule has 2 nitrogen and oxygen atoms in total. The van der Waals surface area contributed by atoms with Gasteiger partial charge in [-0.15, -0.1) is 0 Å². The number of nitrogens with one attached hydrogen (secondary N) is 1. The van der Waals surface area contributed by atoms with E-state index in [9.17, 15) is 0 Å². The van der Waals surface area contributed by atoms with Crippen LogP contribution in [0.15, 0.2) is 30.3 Å². The van der Waals surface area contributed by atoms with Crippen molar-refractivity contribution < 1.29 is 0 Å². The first kappa shape index (κ1) is 11.5. The van der Waals surface area contributed by atoms with Crippen LogP contribution in [0.3, 0.4) is 0 Å². The molecule has 2 unspecified atom stereocenters. The third-order valence-electron chi connectivity index (χ3n) is 3.56. The van der Waals surface area contributed by atoms with Gasteiger partial charge in [-0.25, -0.2) is 0 Å². The quantitative estimate of drug-likeness (QED) is 0.765. The average Bonchev–Trinajstić information content (AvgIpc) is 2.53. The first-order chi connectivity index (χ1) is 7.86. The van der Waals surface area contributed by atoms with Crippen molar-refractivity contribution in [2.45, 2.75) is 38.1 Å². The van der Waals surface area contributed by atoms with E-state index in [0.29, 0.717) is 12.0 Å². The molecule has 1 fully saturated rings. The van der Waals surface area contributed by atoms with Gasteiger partial charge in [-0.05, 0) is 30.9 Å². The Morgan fingerprint density at radius 2 is 1.81 bits per heavy atom. The molecular weight excluding hydrogens is 196 g/mol. The van der Waals surface area contributed by atoms with E-state index in [2.05, 4.69) is 29.6 Å². The van der Waals surface area contributed by atoms with Crippen LogP contribution >= 0.6 is 0 Å². The summed E-state index contributed by atoms with van der Waals surface area (Å²) in [6.45, 7) is 1.02. The second kappa shape index (κ2) is 5.90. The number of anilines is 1. The van der Waals surface area contributed by atoms with Gasteiger partial charge >= 0.3 is 0 Å². The van der Waals surface area contributed by atoms with Crippen molar-refractivity contribution in [1.82, 2.24) is 0 Å². The van der Waals surface area contributed by atoms with Crippen molar-refractivity contribution in [3.05, 3.63) is 30.3 Å². The van der Waals surface area contributed by atoms with Crippen molar-refractivity contribution in [3.8, 4) is 0 Å². The monoisotopic (exact) mass is 218 g/mol. The zero-order valence-electron chi connectivity index (χ0n) is 9.86. The van der Waals surface area contributed by atoms with Crippen molar-refractivity contribution in [2.24, 2.45) is 11.7 Å². The van der Waals surface area contributed by atoms with Gasteiger partial charge in [-0.3, -0.25) is 0 Å². The Morgan fingerprint density at radius 1 is 1.06 bits per heavy atom. The third-order valence-corrected chi connectivity index (χ3v) is 3.56. The third kappa shape index (κ3) is 3.24. The molecule has 16 heavy (non-hydrogen) atoms. The molecule has 2 heteroatoms. The summed E-state index contributed by atoms with van der Waals surface area (Å²) in [4.78, 5) is 0. The lowest BCUT2D eigenvalue weighted by Gasteiger charge is -2.22. The molecule has 88 valence electrons. The minimum absolute atomic E-state index is 0.388. The smallest absolute Gasteiger partial charge is 0.0340 e. The lowest BCUT2D eigenvalue weighted by molar-refractivity contribution is 0.416. The summed E-state index contributed by atoms with van der Waals surface area (Å²) in [6.07, 6.45) is 6.48.